The van der Waals surface area contributed by atoms with Gasteiger partial charge in [0.15, 0.2) is 0 Å². The van der Waals surface area contributed by atoms with Gasteiger partial charge >= 0.3 is 0 Å². The van der Waals surface area contributed by atoms with E-state index in [9.17, 15) is 15.3 Å². The molecule has 0 aromatic heterocycles. The van der Waals surface area contributed by atoms with Crippen LogP contribution >= 0.6 is 0 Å². The largest absolute Gasteiger partial charge is 0.391 e. The van der Waals surface area contributed by atoms with Gasteiger partial charge in [-0.3, -0.25) is 0 Å². The molecule has 0 radical (unpaired) electrons. The fourth-order valence-corrected chi connectivity index (χ4v) is 1.56. The zero-order valence-corrected chi connectivity index (χ0v) is 6.85. The fourth-order valence-electron chi connectivity index (χ4n) is 1.56. The highest BCUT2D eigenvalue weighted by atomic mass is 16.3. The van der Waals surface area contributed by atoms with E-state index in [1.807, 2.05) is 0 Å². The van der Waals surface area contributed by atoms with E-state index in [-0.39, 0.29) is 19.4 Å². The SMILES string of the molecule is NCC1(O)CC(O)C(N)C(O)C1. The summed E-state index contributed by atoms with van der Waals surface area (Å²) in [6, 6.07) is -0.670. The molecule has 1 aliphatic rings. The lowest BCUT2D eigenvalue weighted by atomic mass is 9.79. The first-order chi connectivity index (χ1) is 5.48. The van der Waals surface area contributed by atoms with Gasteiger partial charge in [-0.25, -0.2) is 0 Å². The summed E-state index contributed by atoms with van der Waals surface area (Å²) in [4.78, 5) is 0. The lowest BCUT2D eigenvalue weighted by Gasteiger charge is -2.40. The third-order valence-corrected chi connectivity index (χ3v) is 2.45. The molecule has 5 nitrogen and oxygen atoms in total. The molecule has 7 N–H and O–H groups in total. The molecule has 0 aromatic rings. The molecule has 0 amide bonds. The van der Waals surface area contributed by atoms with Gasteiger partial charge in [-0.15, -0.1) is 0 Å². The maximum absolute atomic E-state index is 9.64. The Bertz CT molecular complexity index is 153. The maximum Gasteiger partial charge on any atom is 0.0819 e. The van der Waals surface area contributed by atoms with Crippen LogP contribution in [0.4, 0.5) is 0 Å². The first-order valence-electron chi connectivity index (χ1n) is 4.03. The summed E-state index contributed by atoms with van der Waals surface area (Å²) in [7, 11) is 0. The highest BCUT2D eigenvalue weighted by molar-refractivity contribution is 4.97. The summed E-state index contributed by atoms with van der Waals surface area (Å²) in [5.41, 5.74) is 9.58. The summed E-state index contributed by atoms with van der Waals surface area (Å²) >= 11 is 0. The van der Waals surface area contributed by atoms with Gasteiger partial charge < -0.3 is 26.8 Å². The lowest BCUT2D eigenvalue weighted by Crippen LogP contribution is -2.58. The van der Waals surface area contributed by atoms with E-state index < -0.39 is 23.9 Å². The standard InChI is InChI=1S/C7H16N2O3/c8-3-7(12)1-4(10)6(9)5(11)2-7/h4-6,10-12H,1-3,8-9H2. The van der Waals surface area contributed by atoms with Gasteiger partial charge in [-0.2, -0.15) is 0 Å². The average molecular weight is 176 g/mol. The molecule has 0 bridgehead atoms. The number of aliphatic hydroxyl groups excluding tert-OH is 2. The molecular weight excluding hydrogens is 160 g/mol. The molecule has 2 unspecified atom stereocenters. The van der Waals surface area contributed by atoms with Crippen LogP contribution < -0.4 is 11.5 Å². The van der Waals surface area contributed by atoms with E-state index in [1.54, 1.807) is 0 Å². The van der Waals surface area contributed by atoms with Gasteiger partial charge in [0.2, 0.25) is 0 Å². The topological polar surface area (TPSA) is 113 Å². The van der Waals surface area contributed by atoms with E-state index in [0.717, 1.165) is 0 Å². The predicted octanol–water partition coefficient (Wildman–Crippen LogP) is -2.48. The van der Waals surface area contributed by atoms with E-state index in [2.05, 4.69) is 0 Å². The van der Waals surface area contributed by atoms with Crippen molar-refractivity contribution < 1.29 is 15.3 Å². The van der Waals surface area contributed by atoms with Crippen molar-refractivity contribution in [3.63, 3.8) is 0 Å². The first kappa shape index (κ1) is 9.88. The van der Waals surface area contributed by atoms with E-state index in [1.165, 1.54) is 0 Å². The van der Waals surface area contributed by atoms with E-state index in [4.69, 9.17) is 11.5 Å². The second-order valence-electron chi connectivity index (χ2n) is 3.55. The van der Waals surface area contributed by atoms with Crippen molar-refractivity contribution in [3.05, 3.63) is 0 Å². The van der Waals surface area contributed by atoms with E-state index in [0.29, 0.717) is 0 Å². The molecule has 0 saturated heterocycles. The highest BCUT2D eigenvalue weighted by Gasteiger charge is 2.41. The van der Waals surface area contributed by atoms with Crippen molar-refractivity contribution in [2.45, 2.75) is 36.7 Å². The van der Waals surface area contributed by atoms with Crippen LogP contribution in [0.15, 0.2) is 0 Å². The van der Waals surface area contributed by atoms with Crippen LogP contribution in [0.25, 0.3) is 0 Å². The monoisotopic (exact) mass is 176 g/mol. The molecule has 0 spiro atoms. The molecule has 72 valence electrons. The Kier molecular flexibility index (Phi) is 2.70. The Balaban J connectivity index is 2.65. The molecule has 5 heteroatoms. The van der Waals surface area contributed by atoms with Crippen molar-refractivity contribution in [1.29, 1.82) is 0 Å². The molecule has 1 aliphatic carbocycles. The second kappa shape index (κ2) is 3.27. The Morgan fingerprint density at radius 3 is 2.00 bits per heavy atom. The smallest absolute Gasteiger partial charge is 0.0819 e. The molecule has 0 aromatic carbocycles. The van der Waals surface area contributed by atoms with E-state index >= 15 is 0 Å². The lowest BCUT2D eigenvalue weighted by molar-refractivity contribution is -0.0956. The minimum Gasteiger partial charge on any atom is -0.391 e. The molecule has 1 fully saturated rings. The zero-order valence-electron chi connectivity index (χ0n) is 6.85. The minimum absolute atomic E-state index is 0.0356. The summed E-state index contributed by atoms with van der Waals surface area (Å²) in [6.07, 6.45) is -1.46. The van der Waals surface area contributed by atoms with Gasteiger partial charge in [0.25, 0.3) is 0 Å². The summed E-state index contributed by atoms with van der Waals surface area (Å²) < 4.78 is 0. The predicted molar refractivity (Wildman–Crippen MR) is 43.2 cm³/mol. The quantitative estimate of drug-likeness (QED) is 0.303. The van der Waals surface area contributed by atoms with Crippen LogP contribution in [-0.2, 0) is 0 Å². The van der Waals surface area contributed by atoms with Crippen molar-refractivity contribution >= 4 is 0 Å². The third-order valence-electron chi connectivity index (χ3n) is 2.45. The first-order valence-corrected chi connectivity index (χ1v) is 4.03. The normalized spacial score (nSPS) is 49.2. The Morgan fingerprint density at radius 2 is 1.67 bits per heavy atom. The summed E-state index contributed by atoms with van der Waals surface area (Å²) in [5.74, 6) is 0. The molecule has 2 atom stereocenters. The number of rotatable bonds is 1. The van der Waals surface area contributed by atoms with Gasteiger partial charge in [0.05, 0.1) is 23.9 Å². The minimum atomic E-state index is -1.16. The van der Waals surface area contributed by atoms with Crippen LogP contribution in [0.3, 0.4) is 0 Å². The highest BCUT2D eigenvalue weighted by Crippen LogP contribution is 2.27. The average Bonchev–Trinajstić information content (AvgIpc) is 2.00. The number of hydrogen-bond acceptors (Lipinski definition) is 5. The van der Waals surface area contributed by atoms with Crippen LogP contribution in [0, 0.1) is 0 Å². The number of nitrogens with two attached hydrogens (primary N) is 2. The molecule has 0 heterocycles. The molecule has 12 heavy (non-hydrogen) atoms. The Hall–Kier alpha value is -0.200. The summed E-state index contributed by atoms with van der Waals surface area (Å²) in [6.45, 7) is 0.0356. The number of hydrogen-bond donors (Lipinski definition) is 5. The molecule has 1 saturated carbocycles. The van der Waals surface area contributed by atoms with Crippen molar-refractivity contribution in [3.8, 4) is 0 Å². The third kappa shape index (κ3) is 1.75. The zero-order chi connectivity index (χ0) is 9.35. The van der Waals surface area contributed by atoms with Crippen molar-refractivity contribution in [1.82, 2.24) is 0 Å². The van der Waals surface area contributed by atoms with Crippen molar-refractivity contribution in [2.75, 3.05) is 6.54 Å². The number of aliphatic hydroxyl groups is 3. The molecule has 0 aliphatic heterocycles. The second-order valence-corrected chi connectivity index (χ2v) is 3.55. The molecular formula is C7H16N2O3. The molecule has 1 rings (SSSR count). The van der Waals surface area contributed by atoms with Crippen molar-refractivity contribution in [2.24, 2.45) is 11.5 Å². The fraction of sp³-hybridized carbons (Fsp3) is 1.00. The van der Waals surface area contributed by atoms with Gasteiger partial charge in [-0.1, -0.05) is 0 Å². The van der Waals surface area contributed by atoms with Gasteiger partial charge in [-0.05, 0) is 0 Å². The van der Waals surface area contributed by atoms with Crippen LogP contribution in [0.1, 0.15) is 12.8 Å². The van der Waals surface area contributed by atoms with Crippen LogP contribution in [0.5, 0.6) is 0 Å². The van der Waals surface area contributed by atoms with Crippen LogP contribution in [0.2, 0.25) is 0 Å². The maximum atomic E-state index is 9.64. The van der Waals surface area contributed by atoms with Gasteiger partial charge in [0, 0.05) is 19.4 Å². The Labute approximate surface area is 71.0 Å². The van der Waals surface area contributed by atoms with Crippen LogP contribution in [-0.4, -0.2) is 45.7 Å². The Morgan fingerprint density at radius 1 is 1.25 bits per heavy atom. The van der Waals surface area contributed by atoms with Gasteiger partial charge in [0.1, 0.15) is 0 Å². The summed E-state index contributed by atoms with van der Waals surface area (Å²) in [5, 5.41) is 28.3.